The van der Waals surface area contributed by atoms with Gasteiger partial charge >= 0.3 is 51.4 Å². The molecule has 0 rings (SSSR count). The normalized spacial score (nSPS) is 2.00. The van der Waals surface area contributed by atoms with Gasteiger partial charge in [0.1, 0.15) is 0 Å². The molecule has 0 saturated heterocycles. The van der Waals surface area contributed by atoms with Crippen LogP contribution in [0, 0.1) is 6.58 Å². The number of thiocarbonyl (C=S) groups is 1. The van der Waals surface area contributed by atoms with Crippen molar-refractivity contribution in [2.24, 2.45) is 0 Å². The first-order chi connectivity index (χ1) is 1.41. The van der Waals surface area contributed by atoms with E-state index in [0.29, 0.717) is 0 Å². The molecule has 0 fully saturated rings. The predicted molar refractivity (Wildman–Crippen MR) is 16.9 cm³/mol. The maximum Gasteiger partial charge on any atom is 1.00 e. The summed E-state index contributed by atoms with van der Waals surface area (Å²) in [5.41, 5.74) is 0. The van der Waals surface area contributed by atoms with Crippen LogP contribution in [0.3, 0.4) is 0 Å². The Bertz CT molecular complexity index is 27.0. The molecule has 0 aliphatic heterocycles. The number of rotatable bonds is 0. The molecule has 0 aromatic carbocycles. The fourth-order valence-electron chi connectivity index (χ4n) is 0. The summed E-state index contributed by atoms with van der Waals surface area (Å²) in [5, 5.41) is 1.83. The van der Waals surface area contributed by atoms with E-state index in [1.54, 1.807) is 0 Å². The van der Waals surface area contributed by atoms with Gasteiger partial charge in [0.15, 0.2) is 0 Å². The first-order valence-electron chi connectivity index (χ1n) is 0.493. The zero-order valence-electron chi connectivity index (χ0n) is 2.49. The van der Waals surface area contributed by atoms with E-state index in [4.69, 9.17) is 0 Å². The Balaban J connectivity index is 0. The van der Waals surface area contributed by atoms with Crippen LogP contribution in [0.1, 0.15) is 0 Å². The Hall–Kier alpha value is 1.51. The molecule has 0 nitrogen and oxygen atoms in total. The van der Waals surface area contributed by atoms with Crippen LogP contribution in [-0.2, 0) is 0 Å². The molecule has 0 aromatic heterocycles. The van der Waals surface area contributed by atoms with Crippen LogP contribution < -0.4 is 51.4 Å². The number of hydrogen-bond acceptors (Lipinski definition) is 1. The second-order valence-corrected chi connectivity index (χ2v) is 0.354. The molecule has 16 valence electrons. The van der Waals surface area contributed by atoms with Gasteiger partial charge in [0.05, 0.1) is 0 Å². The topological polar surface area (TPSA) is 0 Å². The van der Waals surface area contributed by atoms with Gasteiger partial charge < -0.3 is 6.58 Å². The van der Waals surface area contributed by atoms with Crippen LogP contribution in [0.2, 0.25) is 0 Å². The van der Waals surface area contributed by atoms with Gasteiger partial charge in [-0.2, -0.15) is 0 Å². The summed E-state index contributed by atoms with van der Waals surface area (Å²) >= 11 is 3.92. The van der Waals surface area contributed by atoms with Gasteiger partial charge in [-0.3, -0.25) is 5.02 Å². The third-order valence-electron chi connectivity index (χ3n) is 0. The molecule has 0 spiro atoms. The Kier molecular flexibility index (Phi) is 20.1. The third kappa shape index (κ3) is 9.71. The minimum Gasteiger partial charge on any atom is -0.453 e. The van der Waals surface area contributed by atoms with Crippen molar-refractivity contribution in [2.75, 3.05) is 0 Å². The molecule has 0 atom stereocenters. The summed E-state index contributed by atoms with van der Waals surface area (Å²) in [6.07, 6.45) is 0. The van der Waals surface area contributed by atoms with E-state index < -0.39 is 0 Å². The van der Waals surface area contributed by atoms with E-state index in [-0.39, 0.29) is 51.4 Å². The summed E-state index contributed by atoms with van der Waals surface area (Å²) < 4.78 is 0. The molecule has 0 aromatic rings. The summed E-state index contributed by atoms with van der Waals surface area (Å²) in [6.45, 7) is 4.41. The third-order valence-corrected chi connectivity index (χ3v) is 0. The summed E-state index contributed by atoms with van der Waals surface area (Å²) in [7, 11) is 0. The van der Waals surface area contributed by atoms with Crippen molar-refractivity contribution in [1.82, 2.24) is 0 Å². The molecule has 0 saturated carbocycles. The molecule has 0 aliphatic carbocycles. The van der Waals surface area contributed by atoms with E-state index in [9.17, 15) is 0 Å². The van der Waals surface area contributed by atoms with E-state index >= 15 is 0 Å². The Morgan fingerprint density at radius 1 is 1.75 bits per heavy atom. The second-order valence-electron chi connectivity index (χ2n) is 0.118. The molecule has 0 aliphatic rings. The second kappa shape index (κ2) is 8.82. The molecule has 0 heterocycles. The Morgan fingerprint density at radius 3 is 1.75 bits per heavy atom. The molecular weight excluding hydrogens is 95.2 g/mol. The smallest absolute Gasteiger partial charge is 0.453 e. The average molecular weight is 96.2 g/mol. The fourth-order valence-corrected chi connectivity index (χ4v) is 0. The fraction of sp³-hybridized carbons (Fsp3) is 0. The Morgan fingerprint density at radius 2 is 1.75 bits per heavy atom. The van der Waals surface area contributed by atoms with Gasteiger partial charge in [0, 0.05) is 0 Å². The van der Waals surface area contributed by atoms with Crippen LogP contribution in [0.15, 0.2) is 0 Å². The molecule has 0 radical (unpaired) electrons. The van der Waals surface area contributed by atoms with Gasteiger partial charge in [-0.15, -0.1) is 0 Å². The molecule has 2 heteroatoms. The van der Waals surface area contributed by atoms with Gasteiger partial charge in [0.25, 0.3) is 0 Å². The quantitative estimate of drug-likeness (QED) is 0.184. The molecule has 0 bridgehead atoms. The maximum atomic E-state index is 4.41. The summed E-state index contributed by atoms with van der Waals surface area (Å²) in [5.74, 6) is 0. The average Bonchev–Trinajstić information content (AvgIpc) is 0.918. The van der Waals surface area contributed by atoms with Crippen molar-refractivity contribution in [3.8, 4) is 0 Å². The van der Waals surface area contributed by atoms with E-state index in [2.05, 4.69) is 18.8 Å². The van der Waals surface area contributed by atoms with Crippen molar-refractivity contribution < 1.29 is 51.4 Å². The van der Waals surface area contributed by atoms with E-state index in [1.165, 1.54) is 0 Å². The summed E-state index contributed by atoms with van der Waals surface area (Å²) in [6, 6.07) is 0. The SMILES string of the molecule is [CH-]=C=S.[K+]. The van der Waals surface area contributed by atoms with E-state index in [1.807, 2.05) is 5.02 Å². The molecule has 0 unspecified atom stereocenters. The van der Waals surface area contributed by atoms with Crippen LogP contribution in [-0.4, -0.2) is 5.02 Å². The standard InChI is InChI=1S/C2HS.K/c1-2-3;/h1H;/q-1;+1. The van der Waals surface area contributed by atoms with Crippen LogP contribution in [0.4, 0.5) is 0 Å². The molecule has 0 N–H and O–H groups in total. The van der Waals surface area contributed by atoms with E-state index in [0.717, 1.165) is 0 Å². The van der Waals surface area contributed by atoms with Gasteiger partial charge in [-0.1, -0.05) is 12.2 Å². The minimum atomic E-state index is 0. The molecule has 0 amide bonds. The minimum absolute atomic E-state index is 0. The van der Waals surface area contributed by atoms with Crippen molar-refractivity contribution >= 4 is 17.2 Å². The largest absolute Gasteiger partial charge is 1.00 e. The predicted octanol–water partition coefficient (Wildman–Crippen LogP) is -2.42. The van der Waals surface area contributed by atoms with Crippen molar-refractivity contribution in [2.45, 2.75) is 0 Å². The van der Waals surface area contributed by atoms with Crippen LogP contribution >= 0.6 is 12.2 Å². The zero-order valence-corrected chi connectivity index (χ0v) is 6.43. The zero-order chi connectivity index (χ0) is 2.71. The maximum absolute atomic E-state index is 4.41. The number of hydrogen-bond donors (Lipinski definition) is 0. The molecule has 4 heavy (non-hydrogen) atoms. The van der Waals surface area contributed by atoms with Crippen molar-refractivity contribution in [3.05, 3.63) is 6.58 Å². The first kappa shape index (κ1) is 9.10. The summed E-state index contributed by atoms with van der Waals surface area (Å²) in [4.78, 5) is 0. The van der Waals surface area contributed by atoms with Crippen molar-refractivity contribution in [1.29, 1.82) is 0 Å². The monoisotopic (exact) mass is 95.9 g/mol. The van der Waals surface area contributed by atoms with Crippen molar-refractivity contribution in [3.63, 3.8) is 0 Å². The Labute approximate surface area is 73.7 Å². The van der Waals surface area contributed by atoms with Gasteiger partial charge in [0.2, 0.25) is 0 Å². The van der Waals surface area contributed by atoms with Gasteiger partial charge in [-0.25, -0.2) is 0 Å². The van der Waals surface area contributed by atoms with Crippen LogP contribution in [0.5, 0.6) is 0 Å². The molecular formula is C2HKS. The van der Waals surface area contributed by atoms with Gasteiger partial charge in [-0.05, 0) is 0 Å². The van der Waals surface area contributed by atoms with Crippen LogP contribution in [0.25, 0.3) is 0 Å². The first-order valence-corrected chi connectivity index (χ1v) is 0.901.